The van der Waals surface area contributed by atoms with Crippen molar-refractivity contribution in [3.8, 4) is 0 Å². The molecule has 24 heavy (non-hydrogen) atoms. The topological polar surface area (TPSA) is 45.8 Å². The lowest BCUT2D eigenvalue weighted by Gasteiger charge is -2.10. The van der Waals surface area contributed by atoms with Gasteiger partial charge in [0, 0.05) is 11.8 Å². The maximum absolute atomic E-state index is 13.3. The average molecular weight is 401 g/mol. The quantitative estimate of drug-likeness (QED) is 0.646. The lowest BCUT2D eigenvalue weighted by molar-refractivity contribution is -0.137. The second kappa shape index (κ2) is 6.01. The Bertz CT molecular complexity index is 982. The van der Waals surface area contributed by atoms with Crippen molar-refractivity contribution < 1.29 is 17.6 Å². The first-order chi connectivity index (χ1) is 11.3. The fourth-order valence-corrected chi connectivity index (χ4v) is 2.80. The van der Waals surface area contributed by atoms with Crippen LogP contribution in [0.25, 0.3) is 10.8 Å². The largest absolute Gasteiger partial charge is 0.416 e. The van der Waals surface area contributed by atoms with Crippen molar-refractivity contribution in [2.45, 2.75) is 12.6 Å². The van der Waals surface area contributed by atoms with Crippen molar-refractivity contribution in [2.75, 3.05) is 0 Å². The zero-order valence-electron chi connectivity index (χ0n) is 11.9. The summed E-state index contributed by atoms with van der Waals surface area (Å²) in [5.41, 5.74) is -0.512. The van der Waals surface area contributed by atoms with Gasteiger partial charge in [-0.3, -0.25) is 4.79 Å². The van der Waals surface area contributed by atoms with E-state index in [-0.39, 0.29) is 27.4 Å². The fourth-order valence-electron chi connectivity index (χ4n) is 2.37. The Balaban J connectivity index is 2.14. The first-order valence-electron chi connectivity index (χ1n) is 6.78. The molecule has 124 valence electrons. The molecule has 0 bridgehead atoms. The molecule has 0 atom stereocenters. The molecule has 0 radical (unpaired) electrons. The monoisotopic (exact) mass is 400 g/mol. The standard InChI is InChI=1S/C16H9BrF4N2O/c17-12-5-8(1-4-13(12)18)6-14-11-7-9(16(19,20)21)2-3-10(11)15(24)23-22-14/h1-5,7H,6H2,(H,23,24). The molecule has 3 aromatic rings. The van der Waals surface area contributed by atoms with Gasteiger partial charge in [-0.1, -0.05) is 6.07 Å². The van der Waals surface area contributed by atoms with E-state index in [2.05, 4.69) is 26.1 Å². The third-order valence-electron chi connectivity index (χ3n) is 3.55. The number of hydrogen-bond donors (Lipinski definition) is 1. The molecule has 0 amide bonds. The summed E-state index contributed by atoms with van der Waals surface area (Å²) in [5.74, 6) is -0.447. The zero-order valence-corrected chi connectivity index (χ0v) is 13.5. The molecule has 0 aliphatic heterocycles. The highest BCUT2D eigenvalue weighted by Crippen LogP contribution is 2.31. The molecule has 3 nitrogen and oxygen atoms in total. The average Bonchev–Trinajstić information content (AvgIpc) is 2.52. The van der Waals surface area contributed by atoms with Crippen LogP contribution in [0.5, 0.6) is 0 Å². The Morgan fingerprint density at radius 2 is 1.83 bits per heavy atom. The molecule has 0 saturated heterocycles. The molecule has 0 unspecified atom stereocenters. The number of hydrogen-bond acceptors (Lipinski definition) is 2. The Morgan fingerprint density at radius 3 is 2.50 bits per heavy atom. The van der Waals surface area contributed by atoms with E-state index < -0.39 is 23.1 Å². The van der Waals surface area contributed by atoms with Crippen LogP contribution in [0.3, 0.4) is 0 Å². The first-order valence-corrected chi connectivity index (χ1v) is 7.57. The summed E-state index contributed by atoms with van der Waals surface area (Å²) in [7, 11) is 0. The SMILES string of the molecule is O=c1[nH]nc(Cc2ccc(F)c(Br)c2)c2cc(C(F)(F)F)ccc12. The molecule has 0 aliphatic carbocycles. The molecule has 0 saturated carbocycles. The number of rotatable bonds is 2. The summed E-state index contributed by atoms with van der Waals surface area (Å²) in [6.07, 6.45) is -4.37. The number of benzene rings is 2. The van der Waals surface area contributed by atoms with Crippen LogP contribution in [0.15, 0.2) is 45.7 Å². The van der Waals surface area contributed by atoms with E-state index in [0.29, 0.717) is 5.56 Å². The van der Waals surface area contributed by atoms with Crippen molar-refractivity contribution in [2.24, 2.45) is 0 Å². The van der Waals surface area contributed by atoms with Gasteiger partial charge >= 0.3 is 6.18 Å². The van der Waals surface area contributed by atoms with Gasteiger partial charge in [-0.15, -0.1) is 0 Å². The molecule has 1 N–H and O–H groups in total. The van der Waals surface area contributed by atoms with E-state index in [1.165, 1.54) is 18.2 Å². The van der Waals surface area contributed by atoms with Crippen molar-refractivity contribution in [1.82, 2.24) is 10.2 Å². The lowest BCUT2D eigenvalue weighted by atomic mass is 10.0. The highest BCUT2D eigenvalue weighted by Gasteiger charge is 2.30. The van der Waals surface area contributed by atoms with E-state index >= 15 is 0 Å². The van der Waals surface area contributed by atoms with Crippen molar-refractivity contribution in [3.05, 3.63) is 73.9 Å². The van der Waals surface area contributed by atoms with Gasteiger partial charge in [-0.05, 0) is 51.8 Å². The molecule has 2 aromatic carbocycles. The molecule has 0 aliphatic rings. The highest BCUT2D eigenvalue weighted by molar-refractivity contribution is 9.10. The van der Waals surface area contributed by atoms with Crippen LogP contribution < -0.4 is 5.56 Å². The Hall–Kier alpha value is -2.22. The summed E-state index contributed by atoms with van der Waals surface area (Å²) in [6, 6.07) is 7.16. The third-order valence-corrected chi connectivity index (χ3v) is 4.16. The van der Waals surface area contributed by atoms with Crippen LogP contribution in [0, 0.1) is 5.82 Å². The summed E-state index contributed by atoms with van der Waals surface area (Å²) in [5, 5.41) is 6.38. The maximum Gasteiger partial charge on any atom is 0.416 e. The van der Waals surface area contributed by atoms with Crippen LogP contribution >= 0.6 is 15.9 Å². The lowest BCUT2D eigenvalue weighted by Crippen LogP contribution is -2.13. The van der Waals surface area contributed by atoms with Gasteiger partial charge in [0.15, 0.2) is 0 Å². The van der Waals surface area contributed by atoms with E-state index in [0.717, 1.165) is 18.2 Å². The molecular formula is C16H9BrF4N2O. The second-order valence-corrected chi connectivity index (χ2v) is 6.04. The summed E-state index contributed by atoms with van der Waals surface area (Å²) in [4.78, 5) is 11.8. The van der Waals surface area contributed by atoms with Gasteiger partial charge in [-0.25, -0.2) is 9.49 Å². The molecule has 8 heteroatoms. The second-order valence-electron chi connectivity index (χ2n) is 5.18. The van der Waals surface area contributed by atoms with Crippen molar-refractivity contribution in [1.29, 1.82) is 0 Å². The number of nitrogens with zero attached hydrogens (tertiary/aromatic N) is 1. The summed E-state index contributed by atoms with van der Waals surface area (Å²) < 4.78 is 52.3. The maximum atomic E-state index is 13.3. The number of nitrogens with one attached hydrogen (secondary N) is 1. The summed E-state index contributed by atoms with van der Waals surface area (Å²) >= 11 is 3.06. The van der Waals surface area contributed by atoms with Crippen molar-refractivity contribution in [3.63, 3.8) is 0 Å². The number of H-pyrrole nitrogens is 1. The minimum atomic E-state index is -4.52. The minimum absolute atomic E-state index is 0.119. The first kappa shape index (κ1) is 16.6. The minimum Gasteiger partial charge on any atom is -0.267 e. The molecule has 3 rings (SSSR count). The number of halogens is 5. The normalized spacial score (nSPS) is 11.9. The van der Waals surface area contributed by atoms with Gasteiger partial charge < -0.3 is 0 Å². The van der Waals surface area contributed by atoms with Gasteiger partial charge in [0.2, 0.25) is 0 Å². The summed E-state index contributed by atoms with van der Waals surface area (Å²) in [6.45, 7) is 0. The third kappa shape index (κ3) is 3.19. The molecule has 0 spiro atoms. The number of aromatic nitrogens is 2. The molecular weight excluding hydrogens is 392 g/mol. The van der Waals surface area contributed by atoms with Crippen LogP contribution in [-0.2, 0) is 12.6 Å². The van der Waals surface area contributed by atoms with E-state index in [9.17, 15) is 22.4 Å². The van der Waals surface area contributed by atoms with Gasteiger partial charge in [0.25, 0.3) is 5.56 Å². The van der Waals surface area contributed by atoms with Crippen LogP contribution in [-0.4, -0.2) is 10.2 Å². The van der Waals surface area contributed by atoms with Crippen LogP contribution in [0.2, 0.25) is 0 Å². The van der Waals surface area contributed by atoms with E-state index in [1.54, 1.807) is 0 Å². The zero-order chi connectivity index (χ0) is 17.5. The number of alkyl halides is 3. The van der Waals surface area contributed by atoms with Crippen LogP contribution in [0.4, 0.5) is 17.6 Å². The predicted molar refractivity (Wildman–Crippen MR) is 84.3 cm³/mol. The Morgan fingerprint density at radius 1 is 1.08 bits per heavy atom. The van der Waals surface area contributed by atoms with E-state index in [4.69, 9.17) is 0 Å². The van der Waals surface area contributed by atoms with E-state index in [1.807, 2.05) is 0 Å². The van der Waals surface area contributed by atoms with Crippen molar-refractivity contribution >= 4 is 26.7 Å². The smallest absolute Gasteiger partial charge is 0.267 e. The Kier molecular flexibility index (Phi) is 4.16. The van der Waals surface area contributed by atoms with Gasteiger partial charge in [0.1, 0.15) is 5.82 Å². The number of fused-ring (bicyclic) bond motifs is 1. The van der Waals surface area contributed by atoms with Gasteiger partial charge in [-0.2, -0.15) is 18.3 Å². The van der Waals surface area contributed by atoms with Gasteiger partial charge in [0.05, 0.1) is 21.1 Å². The predicted octanol–water partition coefficient (Wildman–Crippen LogP) is 4.43. The molecule has 1 heterocycles. The van der Waals surface area contributed by atoms with Crippen LogP contribution in [0.1, 0.15) is 16.8 Å². The molecule has 1 aromatic heterocycles. The number of aromatic amines is 1. The molecule has 0 fully saturated rings. The Labute approximate surface area is 141 Å². The highest BCUT2D eigenvalue weighted by atomic mass is 79.9. The fraction of sp³-hybridized carbons (Fsp3) is 0.125.